The summed E-state index contributed by atoms with van der Waals surface area (Å²) in [4.78, 5) is 22.5. The third-order valence-corrected chi connectivity index (χ3v) is 5.61. The summed E-state index contributed by atoms with van der Waals surface area (Å²) in [5.41, 5.74) is 0.567. The first-order chi connectivity index (χ1) is 16.4. The summed E-state index contributed by atoms with van der Waals surface area (Å²) in [5.74, 6) is -0.0443. The number of anilines is 2. The van der Waals surface area contributed by atoms with E-state index in [0.717, 1.165) is 0 Å². The number of methoxy groups -OCH3 is 1. The van der Waals surface area contributed by atoms with Crippen LogP contribution in [0.1, 0.15) is 12.8 Å². The summed E-state index contributed by atoms with van der Waals surface area (Å²) >= 11 is 5.86. The Morgan fingerprint density at radius 1 is 1.21 bits per heavy atom. The summed E-state index contributed by atoms with van der Waals surface area (Å²) in [7, 11) is 1.41. The molecule has 2 heterocycles. The van der Waals surface area contributed by atoms with Crippen LogP contribution in [-0.2, 0) is 4.74 Å². The van der Waals surface area contributed by atoms with Gasteiger partial charge in [-0.25, -0.2) is 19.2 Å². The predicted molar refractivity (Wildman–Crippen MR) is 118 cm³/mol. The van der Waals surface area contributed by atoms with Gasteiger partial charge in [0.1, 0.15) is 12.1 Å². The minimum atomic E-state index is -2.85. The van der Waals surface area contributed by atoms with E-state index in [1.807, 2.05) is 0 Å². The van der Waals surface area contributed by atoms with E-state index < -0.39 is 24.6 Å². The van der Waals surface area contributed by atoms with E-state index in [1.54, 1.807) is 12.1 Å². The number of piperidine rings is 1. The third kappa shape index (κ3) is 5.26. The fourth-order valence-electron chi connectivity index (χ4n) is 3.61. The Morgan fingerprint density at radius 2 is 1.97 bits per heavy atom. The number of halogens is 4. The topological polar surface area (TPSA) is 85.8 Å². The first-order valence-electron chi connectivity index (χ1n) is 10.3. The molecule has 0 unspecified atom stereocenters. The number of alkyl halides is 2. The summed E-state index contributed by atoms with van der Waals surface area (Å²) in [6.45, 7) is -2.44. The maximum absolute atomic E-state index is 14.4. The van der Waals surface area contributed by atoms with Gasteiger partial charge in [0.15, 0.2) is 17.3 Å². The Morgan fingerprint density at radius 3 is 2.68 bits per heavy atom. The Labute approximate surface area is 197 Å². The Balaban J connectivity index is 1.57. The number of aromatic nitrogens is 2. The van der Waals surface area contributed by atoms with Crippen molar-refractivity contribution in [2.24, 2.45) is 0 Å². The number of amides is 1. The van der Waals surface area contributed by atoms with Gasteiger partial charge in [-0.3, -0.25) is 0 Å². The number of likely N-dealkylation sites (tertiary alicyclic amines) is 1. The highest BCUT2D eigenvalue weighted by Gasteiger charge is 2.27. The lowest BCUT2D eigenvalue weighted by atomic mass is 10.1. The van der Waals surface area contributed by atoms with Gasteiger partial charge in [0.25, 0.3) is 0 Å². The molecule has 1 aliphatic rings. The van der Waals surface area contributed by atoms with E-state index in [4.69, 9.17) is 21.1 Å². The van der Waals surface area contributed by atoms with Crippen LogP contribution in [0.2, 0.25) is 5.02 Å². The van der Waals surface area contributed by atoms with Crippen molar-refractivity contribution in [3.8, 4) is 11.5 Å². The lowest BCUT2D eigenvalue weighted by Crippen LogP contribution is -2.42. The fourth-order valence-corrected chi connectivity index (χ4v) is 3.78. The van der Waals surface area contributed by atoms with Crippen LogP contribution < -0.4 is 14.8 Å². The molecule has 12 heteroatoms. The molecule has 1 aromatic heterocycles. The molecule has 1 N–H and O–H groups in total. The SMILES string of the molecule is COc1cc2ncnc(Nc3cccc(Cl)c3F)c2cc1OC(=O)N1CCC(OC(F)F)CC1. The highest BCUT2D eigenvalue weighted by atomic mass is 35.5. The number of nitrogens with one attached hydrogen (secondary N) is 1. The zero-order valence-electron chi connectivity index (χ0n) is 17.9. The first kappa shape index (κ1) is 23.8. The minimum Gasteiger partial charge on any atom is -0.493 e. The highest BCUT2D eigenvalue weighted by Crippen LogP contribution is 2.36. The van der Waals surface area contributed by atoms with Crippen LogP contribution in [0.4, 0.5) is 29.5 Å². The number of rotatable bonds is 6. The van der Waals surface area contributed by atoms with Crippen molar-refractivity contribution < 1.29 is 32.2 Å². The van der Waals surface area contributed by atoms with Crippen molar-refractivity contribution in [1.29, 1.82) is 0 Å². The molecule has 3 aromatic rings. The standard InChI is InChI=1S/C22H20ClF3N4O4/c1-32-17-10-16-13(20(28-11-27-16)29-15-4-2-3-14(23)19(15)24)9-18(17)34-22(31)30-7-5-12(6-8-30)33-21(25)26/h2-4,9-12,21H,5-8H2,1H3,(H,27,28,29). The number of benzene rings is 2. The molecular weight excluding hydrogens is 477 g/mol. The molecule has 8 nitrogen and oxygen atoms in total. The van der Waals surface area contributed by atoms with E-state index in [0.29, 0.717) is 10.9 Å². The zero-order chi connectivity index (χ0) is 24.2. The molecule has 1 saturated heterocycles. The Bertz CT molecular complexity index is 1190. The van der Waals surface area contributed by atoms with Crippen molar-refractivity contribution in [3.05, 3.63) is 47.5 Å². The van der Waals surface area contributed by atoms with Gasteiger partial charge in [-0.15, -0.1) is 0 Å². The molecule has 0 radical (unpaired) electrons. The number of hydrogen-bond acceptors (Lipinski definition) is 7. The molecule has 0 bridgehead atoms. The maximum atomic E-state index is 14.4. The number of carbonyl (C=O) groups is 1. The van der Waals surface area contributed by atoms with Crippen molar-refractivity contribution in [3.63, 3.8) is 0 Å². The van der Waals surface area contributed by atoms with Crippen LogP contribution in [0.15, 0.2) is 36.7 Å². The quantitative estimate of drug-likeness (QED) is 0.490. The van der Waals surface area contributed by atoms with Crippen LogP contribution in [0, 0.1) is 5.82 Å². The number of fused-ring (bicyclic) bond motifs is 1. The second-order valence-corrected chi connectivity index (χ2v) is 7.83. The van der Waals surface area contributed by atoms with E-state index >= 15 is 0 Å². The minimum absolute atomic E-state index is 0.0534. The van der Waals surface area contributed by atoms with Crippen LogP contribution in [0.25, 0.3) is 10.9 Å². The van der Waals surface area contributed by atoms with E-state index in [2.05, 4.69) is 20.0 Å². The molecule has 1 aliphatic heterocycles. The monoisotopic (exact) mass is 496 g/mol. The number of nitrogens with zero attached hydrogens (tertiary/aromatic N) is 3. The van der Waals surface area contributed by atoms with Crippen molar-refractivity contribution in [2.45, 2.75) is 25.6 Å². The number of hydrogen-bond donors (Lipinski definition) is 1. The third-order valence-electron chi connectivity index (χ3n) is 5.32. The first-order valence-corrected chi connectivity index (χ1v) is 10.7. The van der Waals surface area contributed by atoms with Gasteiger partial charge in [-0.05, 0) is 31.0 Å². The van der Waals surface area contributed by atoms with Gasteiger partial charge < -0.3 is 24.4 Å². The maximum Gasteiger partial charge on any atom is 0.415 e. The van der Waals surface area contributed by atoms with Crippen LogP contribution in [0.5, 0.6) is 11.5 Å². The molecule has 1 amide bonds. The molecule has 0 spiro atoms. The van der Waals surface area contributed by atoms with Gasteiger partial charge in [0.05, 0.1) is 29.4 Å². The fraction of sp³-hybridized carbons (Fsp3) is 0.318. The van der Waals surface area contributed by atoms with E-state index in [-0.39, 0.29) is 54.0 Å². The Kier molecular flexibility index (Phi) is 7.23. The number of ether oxygens (including phenoxy) is 3. The average Bonchev–Trinajstić information content (AvgIpc) is 2.82. The van der Waals surface area contributed by atoms with Crippen molar-refractivity contribution >= 4 is 40.1 Å². The van der Waals surface area contributed by atoms with Gasteiger partial charge in [-0.1, -0.05) is 17.7 Å². The van der Waals surface area contributed by atoms with Gasteiger partial charge in [0, 0.05) is 24.5 Å². The number of carbonyl (C=O) groups excluding carboxylic acids is 1. The molecule has 0 atom stereocenters. The molecule has 180 valence electrons. The summed E-state index contributed by atoms with van der Waals surface area (Å²) < 4.78 is 54.6. The second kappa shape index (κ2) is 10.3. The molecule has 1 fully saturated rings. The summed E-state index contributed by atoms with van der Waals surface area (Å²) in [6.07, 6.45) is 0.546. The largest absolute Gasteiger partial charge is 0.493 e. The molecular formula is C22H20ClF3N4O4. The van der Waals surface area contributed by atoms with Crippen LogP contribution in [0.3, 0.4) is 0 Å². The zero-order valence-corrected chi connectivity index (χ0v) is 18.7. The normalized spacial score (nSPS) is 14.5. The van der Waals surface area contributed by atoms with E-state index in [1.165, 1.54) is 36.5 Å². The Hall–Kier alpha value is -3.31. The molecule has 0 saturated carbocycles. The average molecular weight is 497 g/mol. The lowest BCUT2D eigenvalue weighted by Gasteiger charge is -2.31. The highest BCUT2D eigenvalue weighted by molar-refractivity contribution is 6.31. The van der Waals surface area contributed by atoms with E-state index in [9.17, 15) is 18.0 Å². The second-order valence-electron chi connectivity index (χ2n) is 7.42. The van der Waals surface area contributed by atoms with Gasteiger partial charge >= 0.3 is 12.7 Å². The lowest BCUT2D eigenvalue weighted by molar-refractivity contribution is -0.171. The van der Waals surface area contributed by atoms with Crippen molar-refractivity contribution in [1.82, 2.24) is 14.9 Å². The van der Waals surface area contributed by atoms with Crippen LogP contribution in [-0.4, -0.2) is 53.9 Å². The van der Waals surface area contributed by atoms with Gasteiger partial charge in [0.2, 0.25) is 0 Å². The molecule has 4 rings (SSSR count). The molecule has 0 aliphatic carbocycles. The summed E-state index contributed by atoms with van der Waals surface area (Å²) in [6, 6.07) is 7.57. The van der Waals surface area contributed by atoms with Crippen LogP contribution >= 0.6 is 11.6 Å². The van der Waals surface area contributed by atoms with Crippen molar-refractivity contribution in [2.75, 3.05) is 25.5 Å². The smallest absolute Gasteiger partial charge is 0.415 e. The molecule has 34 heavy (non-hydrogen) atoms. The van der Waals surface area contributed by atoms with Gasteiger partial charge in [-0.2, -0.15) is 8.78 Å². The molecule has 2 aromatic carbocycles. The summed E-state index contributed by atoms with van der Waals surface area (Å²) in [5, 5.41) is 3.27. The predicted octanol–water partition coefficient (Wildman–Crippen LogP) is 5.38.